The predicted octanol–water partition coefficient (Wildman–Crippen LogP) is 2.09. The molecule has 0 fully saturated rings. The van der Waals surface area contributed by atoms with Gasteiger partial charge >= 0.3 is 11.4 Å². The van der Waals surface area contributed by atoms with Crippen molar-refractivity contribution < 1.29 is 18.6 Å². The Labute approximate surface area is 81.4 Å². The zero-order valence-electron chi connectivity index (χ0n) is 7.36. The summed E-state index contributed by atoms with van der Waals surface area (Å²) in [4.78, 5) is 18.3. The second kappa shape index (κ2) is 3.56. The molecule has 0 saturated heterocycles. The van der Waals surface area contributed by atoms with Gasteiger partial charge in [0.2, 0.25) is 11.6 Å². The van der Waals surface area contributed by atoms with Crippen LogP contribution in [0.25, 0.3) is 0 Å². The summed E-state index contributed by atoms with van der Waals surface area (Å²) in [5.74, 6) is -2.80. The van der Waals surface area contributed by atoms with Crippen LogP contribution in [0, 0.1) is 38.8 Å². The van der Waals surface area contributed by atoms with Crippen LogP contribution >= 0.6 is 0 Å². The topological polar surface area (TPSA) is 86.3 Å². The maximum Gasteiger partial charge on any atom is 0.312 e. The third kappa shape index (κ3) is 1.73. The van der Waals surface area contributed by atoms with Gasteiger partial charge in [-0.05, 0) is 6.92 Å². The number of halogens is 2. The summed E-state index contributed by atoms with van der Waals surface area (Å²) < 4.78 is 26.1. The maximum absolute atomic E-state index is 13.1. The number of hydrogen-bond donors (Lipinski definition) is 0. The molecular formula is C7H4F2N2O4. The van der Waals surface area contributed by atoms with Gasteiger partial charge in [-0.3, -0.25) is 20.2 Å². The van der Waals surface area contributed by atoms with E-state index in [-0.39, 0.29) is 6.07 Å². The van der Waals surface area contributed by atoms with Gasteiger partial charge < -0.3 is 0 Å². The minimum Gasteiger partial charge on any atom is -0.258 e. The minimum absolute atomic E-state index is 0.262. The highest BCUT2D eigenvalue weighted by atomic mass is 19.1. The zero-order valence-corrected chi connectivity index (χ0v) is 7.36. The van der Waals surface area contributed by atoms with Crippen molar-refractivity contribution in [2.45, 2.75) is 6.92 Å². The molecule has 0 atom stereocenters. The van der Waals surface area contributed by atoms with Crippen molar-refractivity contribution in [3.8, 4) is 0 Å². The molecule has 1 rings (SSSR count). The van der Waals surface area contributed by atoms with Crippen molar-refractivity contribution in [1.82, 2.24) is 0 Å². The summed E-state index contributed by atoms with van der Waals surface area (Å²) in [6.45, 7) is 0.894. The van der Waals surface area contributed by atoms with Crippen molar-refractivity contribution in [3.05, 3.63) is 43.5 Å². The lowest BCUT2D eigenvalue weighted by Crippen LogP contribution is -2.02. The molecule has 0 saturated carbocycles. The molecule has 15 heavy (non-hydrogen) atoms. The van der Waals surface area contributed by atoms with Gasteiger partial charge in [0, 0.05) is 5.56 Å². The van der Waals surface area contributed by atoms with Crippen LogP contribution in [0.15, 0.2) is 6.07 Å². The van der Waals surface area contributed by atoms with E-state index in [9.17, 15) is 29.0 Å². The second-order valence-corrected chi connectivity index (χ2v) is 2.68. The van der Waals surface area contributed by atoms with E-state index in [1.54, 1.807) is 0 Å². The van der Waals surface area contributed by atoms with E-state index < -0.39 is 38.4 Å². The first-order valence-corrected chi connectivity index (χ1v) is 3.63. The molecule has 80 valence electrons. The third-order valence-electron chi connectivity index (χ3n) is 1.78. The molecule has 0 aliphatic carbocycles. The Morgan fingerprint density at radius 3 is 1.67 bits per heavy atom. The van der Waals surface area contributed by atoms with Crippen molar-refractivity contribution in [3.63, 3.8) is 0 Å². The molecular weight excluding hydrogens is 214 g/mol. The lowest BCUT2D eigenvalue weighted by molar-refractivity contribution is -0.397. The fraction of sp³-hybridized carbons (Fsp3) is 0.143. The lowest BCUT2D eigenvalue weighted by atomic mass is 10.1. The van der Waals surface area contributed by atoms with E-state index >= 15 is 0 Å². The molecule has 0 aliphatic rings. The quantitative estimate of drug-likeness (QED) is 0.561. The van der Waals surface area contributed by atoms with E-state index in [0.29, 0.717) is 0 Å². The summed E-state index contributed by atoms with van der Waals surface area (Å²) in [6.07, 6.45) is 0. The molecule has 8 heteroatoms. The standard InChI is InChI=1S/C7H4F2N2O4/c1-3-6(8)4(10(12)13)2-5(7(3)9)11(14)15/h2H,1H3. The SMILES string of the molecule is Cc1c(F)c([N+](=O)[O-])cc([N+](=O)[O-])c1F. The molecule has 1 aromatic rings. The molecule has 0 radical (unpaired) electrons. The van der Waals surface area contributed by atoms with Gasteiger partial charge in [0.1, 0.15) is 6.07 Å². The summed E-state index contributed by atoms with van der Waals surface area (Å²) in [7, 11) is 0. The normalized spacial score (nSPS) is 10.1. The van der Waals surface area contributed by atoms with Crippen molar-refractivity contribution in [2.75, 3.05) is 0 Å². The number of hydrogen-bond acceptors (Lipinski definition) is 4. The highest BCUT2D eigenvalue weighted by Gasteiger charge is 2.28. The third-order valence-corrected chi connectivity index (χ3v) is 1.78. The first-order chi connectivity index (χ1) is 6.86. The van der Waals surface area contributed by atoms with Crippen LogP contribution < -0.4 is 0 Å². The minimum atomic E-state index is -1.40. The van der Waals surface area contributed by atoms with Crippen LogP contribution in [0.2, 0.25) is 0 Å². The van der Waals surface area contributed by atoms with Crippen molar-refractivity contribution >= 4 is 11.4 Å². The Morgan fingerprint density at radius 2 is 1.40 bits per heavy atom. The van der Waals surface area contributed by atoms with E-state index in [4.69, 9.17) is 0 Å². The van der Waals surface area contributed by atoms with Gasteiger partial charge in [-0.2, -0.15) is 8.78 Å². The lowest BCUT2D eigenvalue weighted by Gasteiger charge is -2.00. The van der Waals surface area contributed by atoms with Crippen LogP contribution in [0.1, 0.15) is 5.56 Å². The van der Waals surface area contributed by atoms with Crippen LogP contribution in [-0.4, -0.2) is 9.85 Å². The smallest absolute Gasteiger partial charge is 0.258 e. The van der Waals surface area contributed by atoms with Crippen LogP contribution in [0.4, 0.5) is 20.2 Å². The van der Waals surface area contributed by atoms with Gasteiger partial charge in [-0.25, -0.2) is 0 Å². The number of rotatable bonds is 2. The molecule has 6 nitrogen and oxygen atoms in total. The van der Waals surface area contributed by atoms with Gasteiger partial charge in [0.15, 0.2) is 0 Å². The summed E-state index contributed by atoms with van der Waals surface area (Å²) in [5.41, 5.74) is -2.96. The molecule has 0 spiro atoms. The van der Waals surface area contributed by atoms with Gasteiger partial charge in [-0.15, -0.1) is 0 Å². The molecule has 1 aromatic carbocycles. The Balaban J connectivity index is 3.59. The average Bonchev–Trinajstić information content (AvgIpc) is 2.13. The number of nitrogens with zero attached hydrogens (tertiary/aromatic N) is 2. The fourth-order valence-electron chi connectivity index (χ4n) is 1.00. The molecule has 0 aliphatic heterocycles. The Kier molecular flexibility index (Phi) is 2.60. The molecule has 0 N–H and O–H groups in total. The first kappa shape index (κ1) is 11.0. The Hall–Kier alpha value is -2.12. The van der Waals surface area contributed by atoms with Crippen LogP contribution in [0.3, 0.4) is 0 Å². The van der Waals surface area contributed by atoms with Gasteiger partial charge in [0.05, 0.1) is 9.85 Å². The molecule has 0 aromatic heterocycles. The maximum atomic E-state index is 13.1. The highest BCUT2D eigenvalue weighted by molar-refractivity contribution is 5.49. The highest BCUT2D eigenvalue weighted by Crippen LogP contribution is 2.30. The van der Waals surface area contributed by atoms with Crippen molar-refractivity contribution in [2.24, 2.45) is 0 Å². The first-order valence-electron chi connectivity index (χ1n) is 3.63. The predicted molar refractivity (Wildman–Crippen MR) is 44.4 cm³/mol. The number of nitro benzene ring substituents is 2. The molecule has 0 unspecified atom stereocenters. The summed E-state index contributed by atoms with van der Waals surface area (Å²) in [6, 6.07) is 0.262. The van der Waals surface area contributed by atoms with Crippen molar-refractivity contribution in [1.29, 1.82) is 0 Å². The Morgan fingerprint density at radius 1 is 1.07 bits per heavy atom. The summed E-state index contributed by atoms with van der Waals surface area (Å²) in [5, 5.41) is 20.6. The van der Waals surface area contributed by atoms with Gasteiger partial charge in [-0.1, -0.05) is 0 Å². The Bertz CT molecular complexity index is 423. The fourth-order valence-corrected chi connectivity index (χ4v) is 1.00. The van der Waals surface area contributed by atoms with Crippen LogP contribution in [-0.2, 0) is 0 Å². The largest absolute Gasteiger partial charge is 0.312 e. The van der Waals surface area contributed by atoms with E-state index in [0.717, 1.165) is 6.92 Å². The molecule has 0 amide bonds. The number of nitro groups is 2. The van der Waals surface area contributed by atoms with E-state index in [1.807, 2.05) is 0 Å². The second-order valence-electron chi connectivity index (χ2n) is 2.68. The van der Waals surface area contributed by atoms with Crippen LogP contribution in [0.5, 0.6) is 0 Å². The van der Waals surface area contributed by atoms with E-state index in [2.05, 4.69) is 0 Å². The molecule has 0 bridgehead atoms. The summed E-state index contributed by atoms with van der Waals surface area (Å²) >= 11 is 0. The average molecular weight is 218 g/mol. The van der Waals surface area contributed by atoms with E-state index in [1.165, 1.54) is 0 Å². The number of benzene rings is 1. The zero-order chi connectivity index (χ0) is 11.7. The molecule has 0 heterocycles. The van der Waals surface area contributed by atoms with Gasteiger partial charge in [0.25, 0.3) is 0 Å². The monoisotopic (exact) mass is 218 g/mol.